The third-order valence-electron chi connectivity index (χ3n) is 5.25. The Hall–Kier alpha value is -3.44. The molecule has 1 aliphatic rings. The fourth-order valence-corrected chi connectivity index (χ4v) is 3.51. The molecule has 0 saturated carbocycles. The van der Waals surface area contributed by atoms with Crippen molar-refractivity contribution in [1.29, 1.82) is 0 Å². The van der Waals surface area contributed by atoms with Gasteiger partial charge in [0.2, 0.25) is 0 Å². The average Bonchev–Trinajstić information content (AvgIpc) is 2.76. The number of nitrogens with one attached hydrogen (secondary N) is 1. The fraction of sp³-hybridized carbons (Fsp3) is 0.238. The molecular weight excluding hydrogens is 459 g/mol. The number of amides is 1. The molecule has 0 aliphatic carbocycles. The van der Waals surface area contributed by atoms with Gasteiger partial charge >= 0.3 is 0 Å². The van der Waals surface area contributed by atoms with Crippen LogP contribution in [0.25, 0.3) is 11.1 Å². The first-order valence-electron chi connectivity index (χ1n) is 9.81. The molecule has 0 spiro atoms. The minimum Gasteiger partial charge on any atom is -0.368 e. The number of hydrogen-bond donors (Lipinski definition) is 2. The van der Waals surface area contributed by atoms with Crippen molar-refractivity contribution in [3.63, 3.8) is 0 Å². The van der Waals surface area contributed by atoms with Crippen molar-refractivity contribution in [2.75, 3.05) is 43.4 Å². The van der Waals surface area contributed by atoms with E-state index in [0.717, 1.165) is 44.5 Å². The van der Waals surface area contributed by atoms with Gasteiger partial charge in [0.05, 0.1) is 29.3 Å². The Bertz CT molecular complexity index is 1150. The summed E-state index contributed by atoms with van der Waals surface area (Å²) in [5, 5.41) is 9.91. The number of aromatic nitrogens is 3. The van der Waals surface area contributed by atoms with E-state index in [0.29, 0.717) is 5.69 Å². The van der Waals surface area contributed by atoms with E-state index < -0.39 is 34.6 Å². The lowest BCUT2D eigenvalue weighted by Crippen LogP contribution is -2.44. The first kappa shape index (κ1) is 24.2. The Morgan fingerprint density at radius 1 is 1.06 bits per heavy atom. The minimum atomic E-state index is -1.01. The molecule has 33 heavy (non-hydrogen) atoms. The predicted molar refractivity (Wildman–Crippen MR) is 120 cm³/mol. The summed E-state index contributed by atoms with van der Waals surface area (Å²) in [5.41, 5.74) is 4.76. The Balaban J connectivity index is 0.00000306. The lowest BCUT2D eigenvalue weighted by Gasteiger charge is -2.33. The van der Waals surface area contributed by atoms with Gasteiger partial charge in [0.25, 0.3) is 5.91 Å². The summed E-state index contributed by atoms with van der Waals surface area (Å²) in [5.74, 6) is -3.76. The van der Waals surface area contributed by atoms with Gasteiger partial charge < -0.3 is 20.9 Å². The van der Waals surface area contributed by atoms with Crippen molar-refractivity contribution in [1.82, 2.24) is 20.1 Å². The summed E-state index contributed by atoms with van der Waals surface area (Å²) < 4.78 is 43.8. The Morgan fingerprint density at radius 3 is 2.33 bits per heavy atom. The van der Waals surface area contributed by atoms with Crippen LogP contribution in [0.2, 0.25) is 0 Å². The molecule has 1 aliphatic heterocycles. The molecule has 1 aromatic carbocycles. The van der Waals surface area contributed by atoms with Crippen LogP contribution in [0.3, 0.4) is 0 Å². The topological polar surface area (TPSA) is 100 Å². The Labute approximate surface area is 194 Å². The number of halogens is 4. The summed E-state index contributed by atoms with van der Waals surface area (Å²) in [4.78, 5) is 20.2. The monoisotopic (exact) mass is 479 g/mol. The standard InChI is InChI=1S/C21H20F3N7O.ClH/c1-30-5-7-31(8-6-30)12-9-16(24)21(26-10-12)28-18-13(11-27-29-19(18)20(25)32)17-14(22)3-2-4-15(17)23;/h2-4,9-11H,5-8H2,1H3,(H2,25,32)(H,26,27,28);1H. The van der Waals surface area contributed by atoms with Gasteiger partial charge in [-0.3, -0.25) is 4.79 Å². The third-order valence-corrected chi connectivity index (χ3v) is 5.25. The zero-order valence-corrected chi connectivity index (χ0v) is 18.4. The van der Waals surface area contributed by atoms with E-state index in [2.05, 4.69) is 25.4 Å². The number of likely N-dealkylation sites (N-methyl/N-ethyl adjacent to an activating group) is 1. The van der Waals surface area contributed by atoms with E-state index in [1.165, 1.54) is 18.3 Å². The van der Waals surface area contributed by atoms with Gasteiger partial charge in [-0.05, 0) is 19.2 Å². The minimum absolute atomic E-state index is 0. The maximum atomic E-state index is 14.9. The van der Waals surface area contributed by atoms with Gasteiger partial charge in [0.1, 0.15) is 11.6 Å². The first-order valence-corrected chi connectivity index (χ1v) is 9.81. The molecule has 0 radical (unpaired) electrons. The number of nitrogens with zero attached hydrogens (tertiary/aromatic N) is 5. The molecule has 0 unspecified atom stereocenters. The number of carbonyl (C=O) groups is 1. The van der Waals surface area contributed by atoms with Crippen LogP contribution in [0.4, 0.5) is 30.4 Å². The van der Waals surface area contributed by atoms with Crippen molar-refractivity contribution < 1.29 is 18.0 Å². The lowest BCUT2D eigenvalue weighted by atomic mass is 10.0. The number of primary amides is 1. The largest absolute Gasteiger partial charge is 0.368 e. The Kier molecular flexibility index (Phi) is 7.34. The van der Waals surface area contributed by atoms with Crippen molar-refractivity contribution in [2.45, 2.75) is 0 Å². The highest BCUT2D eigenvalue weighted by Crippen LogP contribution is 2.35. The molecule has 12 heteroatoms. The normalized spacial score (nSPS) is 14.0. The third kappa shape index (κ3) is 4.99. The molecular formula is C21H21ClF3N7O. The summed E-state index contributed by atoms with van der Waals surface area (Å²) in [6.07, 6.45) is 2.55. The van der Waals surface area contributed by atoms with Crippen LogP contribution in [0.15, 0.2) is 36.7 Å². The van der Waals surface area contributed by atoms with Gasteiger partial charge in [0.15, 0.2) is 17.3 Å². The smallest absolute Gasteiger partial charge is 0.271 e. The second kappa shape index (κ2) is 10.0. The van der Waals surface area contributed by atoms with E-state index in [9.17, 15) is 18.0 Å². The number of rotatable bonds is 5. The zero-order valence-electron chi connectivity index (χ0n) is 17.6. The number of anilines is 3. The van der Waals surface area contributed by atoms with Crippen LogP contribution in [0.1, 0.15) is 10.5 Å². The maximum absolute atomic E-state index is 14.9. The van der Waals surface area contributed by atoms with Crippen molar-refractivity contribution in [3.05, 3.63) is 59.8 Å². The lowest BCUT2D eigenvalue weighted by molar-refractivity contribution is 0.0995. The molecule has 3 aromatic rings. The van der Waals surface area contributed by atoms with E-state index in [1.807, 2.05) is 11.9 Å². The quantitative estimate of drug-likeness (QED) is 0.580. The van der Waals surface area contributed by atoms with E-state index in [1.54, 1.807) is 0 Å². The van der Waals surface area contributed by atoms with Crippen molar-refractivity contribution in [3.8, 4) is 11.1 Å². The SMILES string of the molecule is CN1CCN(c2cnc(Nc3c(-c4c(F)cccc4F)cnnc3C(N)=O)c(F)c2)CC1.Cl. The molecule has 1 amide bonds. The molecule has 1 saturated heterocycles. The summed E-state index contributed by atoms with van der Waals surface area (Å²) in [6.45, 7) is 3.12. The number of carbonyl (C=O) groups excluding carboxylic acids is 1. The fourth-order valence-electron chi connectivity index (χ4n) is 3.51. The number of hydrogen-bond acceptors (Lipinski definition) is 7. The molecule has 8 nitrogen and oxygen atoms in total. The second-order valence-electron chi connectivity index (χ2n) is 7.38. The molecule has 3 heterocycles. The summed E-state index contributed by atoms with van der Waals surface area (Å²) in [6, 6.07) is 4.61. The predicted octanol–water partition coefficient (Wildman–Crippen LogP) is 2.97. The number of piperazine rings is 1. The molecule has 3 N–H and O–H groups in total. The number of nitrogens with two attached hydrogens (primary N) is 1. The molecule has 0 atom stereocenters. The van der Waals surface area contributed by atoms with Crippen LogP contribution in [-0.2, 0) is 0 Å². The van der Waals surface area contributed by atoms with Gasteiger partial charge in [0, 0.05) is 37.8 Å². The first-order chi connectivity index (χ1) is 15.3. The van der Waals surface area contributed by atoms with Gasteiger partial charge in [-0.15, -0.1) is 17.5 Å². The highest BCUT2D eigenvalue weighted by molar-refractivity contribution is 6.01. The van der Waals surface area contributed by atoms with Crippen LogP contribution >= 0.6 is 12.4 Å². The molecule has 2 aromatic heterocycles. The molecule has 4 rings (SSSR count). The van der Waals surface area contributed by atoms with Gasteiger partial charge in [-0.2, -0.15) is 5.10 Å². The second-order valence-corrected chi connectivity index (χ2v) is 7.38. The van der Waals surface area contributed by atoms with E-state index >= 15 is 0 Å². The van der Waals surface area contributed by atoms with Crippen LogP contribution < -0.4 is 16.0 Å². The van der Waals surface area contributed by atoms with Gasteiger partial charge in [-0.1, -0.05) is 6.07 Å². The van der Waals surface area contributed by atoms with Crippen LogP contribution in [0.5, 0.6) is 0 Å². The van der Waals surface area contributed by atoms with Crippen molar-refractivity contribution in [2.24, 2.45) is 5.73 Å². The highest BCUT2D eigenvalue weighted by atomic mass is 35.5. The van der Waals surface area contributed by atoms with E-state index in [-0.39, 0.29) is 29.5 Å². The molecule has 174 valence electrons. The number of benzene rings is 1. The van der Waals surface area contributed by atoms with Crippen LogP contribution in [-0.4, -0.2) is 59.2 Å². The number of pyridine rings is 1. The van der Waals surface area contributed by atoms with Crippen LogP contribution in [0, 0.1) is 17.5 Å². The van der Waals surface area contributed by atoms with Gasteiger partial charge in [-0.25, -0.2) is 18.2 Å². The summed E-state index contributed by atoms with van der Waals surface area (Å²) >= 11 is 0. The summed E-state index contributed by atoms with van der Waals surface area (Å²) in [7, 11) is 2.01. The Morgan fingerprint density at radius 2 is 1.73 bits per heavy atom. The maximum Gasteiger partial charge on any atom is 0.271 e. The zero-order chi connectivity index (χ0) is 22.8. The van der Waals surface area contributed by atoms with E-state index in [4.69, 9.17) is 5.73 Å². The molecule has 1 fully saturated rings. The van der Waals surface area contributed by atoms with Crippen molar-refractivity contribution >= 4 is 35.5 Å². The molecule has 0 bridgehead atoms. The average molecular weight is 480 g/mol. The highest BCUT2D eigenvalue weighted by Gasteiger charge is 2.23.